The average Bonchev–Trinajstić information content (AvgIpc) is 3.31. The Labute approximate surface area is 287 Å². The number of rotatable bonds is 14. The van der Waals surface area contributed by atoms with E-state index < -0.39 is 11.2 Å². The number of benzene rings is 2. The molecule has 0 amide bonds. The smallest absolute Gasteiger partial charge is 0.305 e. The van der Waals surface area contributed by atoms with E-state index in [9.17, 15) is 14.4 Å². The summed E-state index contributed by atoms with van der Waals surface area (Å²) in [5.74, 6) is -0.204. The molecular weight excluding hydrogens is 673 g/mol. The summed E-state index contributed by atoms with van der Waals surface area (Å²) >= 11 is 0. The molecule has 0 unspecified atom stereocenters. The molecule has 12 heteroatoms. The van der Waals surface area contributed by atoms with E-state index >= 15 is 4.39 Å². The summed E-state index contributed by atoms with van der Waals surface area (Å²) in [6, 6.07) is 5.31. The summed E-state index contributed by atoms with van der Waals surface area (Å²) in [6.07, 6.45) is 1.48. The van der Waals surface area contributed by atoms with Crippen molar-refractivity contribution in [1.82, 2.24) is 4.90 Å². The molecule has 1 saturated heterocycles. The summed E-state index contributed by atoms with van der Waals surface area (Å²) < 4.78 is 38.2. The van der Waals surface area contributed by atoms with Gasteiger partial charge >= 0.3 is 5.97 Å². The summed E-state index contributed by atoms with van der Waals surface area (Å²) in [7, 11) is 0. The van der Waals surface area contributed by atoms with Gasteiger partial charge in [-0.1, -0.05) is 20.8 Å². The SMILES string of the molecule is Br.CCOC(=O)CCCOc1c(N2CCC(=O)CC2)cc(C(=O)CN2Cc3cc(OCC)c(OCC)c(F)c3C2=N)cc1C(C)(C)C. The van der Waals surface area contributed by atoms with Gasteiger partial charge in [0.1, 0.15) is 17.4 Å². The van der Waals surface area contributed by atoms with E-state index in [0.29, 0.717) is 68.1 Å². The molecule has 2 aliphatic heterocycles. The second kappa shape index (κ2) is 16.4. The fourth-order valence-corrected chi connectivity index (χ4v) is 5.76. The van der Waals surface area contributed by atoms with Gasteiger partial charge < -0.3 is 28.7 Å². The third-order valence-electron chi connectivity index (χ3n) is 8.04. The Morgan fingerprint density at radius 3 is 2.26 bits per heavy atom. The fourth-order valence-electron chi connectivity index (χ4n) is 5.76. The van der Waals surface area contributed by atoms with Crippen LogP contribution < -0.4 is 19.1 Å². The molecule has 47 heavy (non-hydrogen) atoms. The molecule has 2 aliphatic rings. The second-order valence-corrected chi connectivity index (χ2v) is 12.5. The van der Waals surface area contributed by atoms with E-state index in [2.05, 4.69) is 4.90 Å². The van der Waals surface area contributed by atoms with Crippen molar-refractivity contribution in [1.29, 1.82) is 5.41 Å². The van der Waals surface area contributed by atoms with Gasteiger partial charge in [0.2, 0.25) is 0 Å². The van der Waals surface area contributed by atoms with Crippen molar-refractivity contribution in [2.45, 2.75) is 79.2 Å². The Morgan fingerprint density at radius 1 is 0.957 bits per heavy atom. The molecule has 1 N–H and O–H groups in total. The monoisotopic (exact) mass is 719 g/mol. The van der Waals surface area contributed by atoms with Crippen molar-refractivity contribution in [2.75, 3.05) is 51.0 Å². The highest BCUT2D eigenvalue weighted by Gasteiger charge is 2.34. The van der Waals surface area contributed by atoms with Gasteiger partial charge in [-0.15, -0.1) is 17.0 Å². The molecule has 0 aliphatic carbocycles. The Bertz CT molecular complexity index is 1480. The van der Waals surface area contributed by atoms with E-state index in [-0.39, 0.29) is 90.1 Å². The van der Waals surface area contributed by atoms with Crippen molar-refractivity contribution in [3.63, 3.8) is 0 Å². The number of Topliss-reactive ketones (excluding diaryl/α,β-unsaturated/α-hetero) is 2. The Balaban J connectivity index is 0.00000600. The first kappa shape index (κ1) is 37.8. The number of nitrogens with one attached hydrogen (secondary N) is 1. The van der Waals surface area contributed by atoms with Gasteiger partial charge in [-0.25, -0.2) is 4.39 Å². The quantitative estimate of drug-likeness (QED) is 0.134. The van der Waals surface area contributed by atoms with Crippen LogP contribution in [-0.2, 0) is 26.3 Å². The first-order chi connectivity index (χ1) is 21.9. The summed E-state index contributed by atoms with van der Waals surface area (Å²) in [5, 5.41) is 8.78. The molecule has 2 aromatic carbocycles. The van der Waals surface area contributed by atoms with Crippen LogP contribution in [-0.4, -0.2) is 74.3 Å². The van der Waals surface area contributed by atoms with Crippen molar-refractivity contribution in [2.24, 2.45) is 0 Å². The summed E-state index contributed by atoms with van der Waals surface area (Å²) in [5.41, 5.74) is 2.22. The van der Waals surface area contributed by atoms with Gasteiger partial charge in [-0.3, -0.25) is 19.8 Å². The minimum absolute atomic E-state index is 0. The van der Waals surface area contributed by atoms with Crippen LogP contribution in [0.25, 0.3) is 0 Å². The Morgan fingerprint density at radius 2 is 1.64 bits per heavy atom. The van der Waals surface area contributed by atoms with E-state index in [0.717, 1.165) is 5.56 Å². The lowest BCUT2D eigenvalue weighted by molar-refractivity contribution is -0.143. The van der Waals surface area contributed by atoms with Crippen LogP contribution in [0.4, 0.5) is 10.1 Å². The van der Waals surface area contributed by atoms with Crippen molar-refractivity contribution in [3.05, 3.63) is 46.3 Å². The zero-order valence-corrected chi connectivity index (χ0v) is 30.0. The van der Waals surface area contributed by atoms with Gasteiger partial charge in [0.05, 0.1) is 44.2 Å². The largest absolute Gasteiger partial charge is 0.491 e. The normalized spacial score (nSPS) is 14.4. The van der Waals surface area contributed by atoms with Crippen molar-refractivity contribution in [3.8, 4) is 17.2 Å². The topological polar surface area (TPSA) is 118 Å². The van der Waals surface area contributed by atoms with Crippen molar-refractivity contribution < 1.29 is 37.7 Å². The third-order valence-corrected chi connectivity index (χ3v) is 8.04. The van der Waals surface area contributed by atoms with E-state index in [1.54, 1.807) is 37.8 Å². The number of fused-ring (bicyclic) bond motifs is 1. The van der Waals surface area contributed by atoms with Crippen LogP contribution in [0.5, 0.6) is 17.2 Å². The molecule has 1 fully saturated rings. The standard InChI is InChI=1S/C35H46FN3O7.BrH/c1-7-43-28-19-23-20-39(34(37)30(23)31(36)33(28)45-9-3)21-27(41)22-17-25(35(4,5)6)32(46-16-10-11-29(42)44-8-2)26(18-22)38-14-12-24(40)13-15-38;/h17-19,37H,7-16,20-21H2,1-6H3;1H. The lowest BCUT2D eigenvalue weighted by Gasteiger charge is -2.33. The number of anilines is 1. The molecule has 0 spiro atoms. The van der Waals surface area contributed by atoms with Crippen LogP contribution >= 0.6 is 17.0 Å². The van der Waals surface area contributed by atoms with Gasteiger partial charge in [0.15, 0.2) is 23.1 Å². The van der Waals surface area contributed by atoms with Gasteiger partial charge in [0, 0.05) is 50.0 Å². The van der Waals surface area contributed by atoms with Gasteiger partial charge in [0.25, 0.3) is 0 Å². The average molecular weight is 721 g/mol. The number of ketones is 2. The lowest BCUT2D eigenvalue weighted by atomic mass is 9.84. The fraction of sp³-hybridized carbons (Fsp3) is 0.543. The molecule has 0 bridgehead atoms. The maximum atomic E-state index is 15.6. The Kier molecular flexibility index (Phi) is 13.2. The molecule has 0 saturated carbocycles. The van der Waals surface area contributed by atoms with Crippen LogP contribution in [0.1, 0.15) is 94.3 Å². The van der Waals surface area contributed by atoms with Crippen LogP contribution in [0, 0.1) is 11.2 Å². The number of ether oxygens (including phenoxy) is 4. The number of carbonyl (C=O) groups is 3. The molecule has 4 rings (SSSR count). The summed E-state index contributed by atoms with van der Waals surface area (Å²) in [6.45, 7) is 13.6. The molecule has 10 nitrogen and oxygen atoms in total. The van der Waals surface area contributed by atoms with Gasteiger partial charge in [-0.2, -0.15) is 0 Å². The van der Waals surface area contributed by atoms with E-state index in [4.69, 9.17) is 24.4 Å². The molecular formula is C35H47BrFN3O7. The van der Waals surface area contributed by atoms with Gasteiger partial charge in [-0.05, 0) is 56.4 Å². The molecule has 0 aromatic heterocycles. The van der Waals surface area contributed by atoms with Crippen molar-refractivity contribution >= 4 is 46.0 Å². The maximum Gasteiger partial charge on any atom is 0.305 e. The van der Waals surface area contributed by atoms with E-state index in [1.807, 2.05) is 26.8 Å². The highest BCUT2D eigenvalue weighted by atomic mass is 79.9. The van der Waals surface area contributed by atoms with Crippen LogP contribution in [0.3, 0.4) is 0 Å². The van der Waals surface area contributed by atoms with Crippen LogP contribution in [0.2, 0.25) is 0 Å². The zero-order chi connectivity index (χ0) is 33.6. The van der Waals surface area contributed by atoms with Crippen LogP contribution in [0.15, 0.2) is 18.2 Å². The number of amidine groups is 1. The molecule has 258 valence electrons. The molecule has 2 heterocycles. The highest BCUT2D eigenvalue weighted by Crippen LogP contribution is 2.42. The predicted molar refractivity (Wildman–Crippen MR) is 184 cm³/mol. The number of carbonyl (C=O) groups excluding carboxylic acids is 3. The number of hydrogen-bond donors (Lipinski definition) is 1. The predicted octanol–water partition coefficient (Wildman–Crippen LogP) is 6.41. The number of nitrogens with zero attached hydrogens (tertiary/aromatic N) is 2. The first-order valence-electron chi connectivity index (χ1n) is 16.1. The molecule has 0 radical (unpaired) electrons. The molecule has 2 aromatic rings. The third kappa shape index (κ3) is 8.82. The van der Waals surface area contributed by atoms with E-state index in [1.165, 1.54) is 0 Å². The highest BCUT2D eigenvalue weighted by molar-refractivity contribution is 8.93. The molecule has 0 atom stereocenters. The minimum atomic E-state index is -0.663. The number of esters is 1. The Hall–Kier alpha value is -3.67. The number of hydrogen-bond acceptors (Lipinski definition) is 9. The lowest BCUT2D eigenvalue weighted by Crippen LogP contribution is -2.35. The minimum Gasteiger partial charge on any atom is -0.491 e. The summed E-state index contributed by atoms with van der Waals surface area (Å²) in [4.78, 5) is 41.5. The number of halogens is 2. The second-order valence-electron chi connectivity index (χ2n) is 12.5. The number of piperidine rings is 1. The zero-order valence-electron chi connectivity index (χ0n) is 28.3. The first-order valence-corrected chi connectivity index (χ1v) is 16.1. The maximum absolute atomic E-state index is 15.6.